The summed E-state index contributed by atoms with van der Waals surface area (Å²) in [5.74, 6) is 5.27. The maximum absolute atomic E-state index is 11.1. The first-order chi connectivity index (χ1) is 8.41. The van der Waals surface area contributed by atoms with Gasteiger partial charge in [0.25, 0.3) is 0 Å². The highest BCUT2D eigenvalue weighted by atomic mass is 16.6. The van der Waals surface area contributed by atoms with Gasteiger partial charge in [0.2, 0.25) is 0 Å². The number of nitro groups is 1. The van der Waals surface area contributed by atoms with Crippen molar-refractivity contribution in [3.63, 3.8) is 0 Å². The summed E-state index contributed by atoms with van der Waals surface area (Å²) in [4.78, 5) is 10.6. The number of hydrogen-bond acceptors (Lipinski definition) is 6. The van der Waals surface area contributed by atoms with E-state index in [9.17, 15) is 10.1 Å². The Hall–Kier alpha value is -1.86. The van der Waals surface area contributed by atoms with Crippen molar-refractivity contribution >= 4 is 17.1 Å². The minimum atomic E-state index is -0.472. The molecule has 1 rings (SSSR count). The van der Waals surface area contributed by atoms with Crippen LogP contribution in [0.25, 0.3) is 0 Å². The Kier molecular flexibility index (Phi) is 4.46. The van der Waals surface area contributed by atoms with E-state index in [1.165, 1.54) is 0 Å². The number of hydrogen-bond donors (Lipinski definition) is 3. The molecule has 0 unspecified atom stereocenters. The molecule has 0 atom stereocenters. The van der Waals surface area contributed by atoms with Crippen molar-refractivity contribution in [2.24, 2.45) is 5.84 Å². The highest BCUT2D eigenvalue weighted by Gasteiger charge is 2.24. The van der Waals surface area contributed by atoms with Crippen LogP contribution in [0.5, 0.6) is 0 Å². The van der Waals surface area contributed by atoms with Gasteiger partial charge in [-0.25, -0.2) is 0 Å². The number of rotatable bonds is 6. The first kappa shape index (κ1) is 14.2. The Labute approximate surface area is 105 Å². The predicted molar refractivity (Wildman–Crippen MR) is 70.5 cm³/mol. The van der Waals surface area contributed by atoms with E-state index in [0.29, 0.717) is 12.3 Å². The lowest BCUT2D eigenvalue weighted by atomic mass is 10.1. The van der Waals surface area contributed by atoms with Gasteiger partial charge in [0.1, 0.15) is 11.4 Å². The molecule has 0 bridgehead atoms. The van der Waals surface area contributed by atoms with E-state index < -0.39 is 10.5 Å². The van der Waals surface area contributed by atoms with Crippen LogP contribution < -0.4 is 16.6 Å². The van der Waals surface area contributed by atoms with Crippen molar-refractivity contribution in [2.75, 3.05) is 24.5 Å². The smallest absolute Gasteiger partial charge is 0.316 e. The van der Waals surface area contributed by atoms with Crippen LogP contribution in [0.1, 0.15) is 13.8 Å². The molecule has 4 N–H and O–H groups in total. The molecule has 0 aromatic heterocycles. The second-order valence-electron chi connectivity index (χ2n) is 4.55. The fourth-order valence-corrected chi connectivity index (χ4v) is 1.72. The molecule has 0 aliphatic heterocycles. The summed E-state index contributed by atoms with van der Waals surface area (Å²) >= 11 is 0. The molecule has 18 heavy (non-hydrogen) atoms. The first-order valence-electron chi connectivity index (χ1n) is 5.42. The van der Waals surface area contributed by atoms with Gasteiger partial charge in [-0.15, -0.1) is 0 Å². The van der Waals surface area contributed by atoms with E-state index in [-0.39, 0.29) is 11.4 Å². The number of benzene rings is 1. The maximum atomic E-state index is 11.1. The van der Waals surface area contributed by atoms with E-state index >= 15 is 0 Å². The van der Waals surface area contributed by atoms with Gasteiger partial charge in [-0.2, -0.15) is 0 Å². The summed E-state index contributed by atoms with van der Waals surface area (Å²) in [6.45, 7) is 4.20. The number of nitrogens with two attached hydrogens (primary N) is 1. The van der Waals surface area contributed by atoms with Crippen LogP contribution in [0.15, 0.2) is 18.2 Å². The molecule has 1 aromatic carbocycles. The second kappa shape index (κ2) is 5.65. The third-order valence-electron chi connectivity index (χ3n) is 2.35. The van der Waals surface area contributed by atoms with Crippen molar-refractivity contribution in [1.29, 1.82) is 0 Å². The third kappa shape index (κ3) is 3.31. The number of nitrogen functional groups attached to an aromatic ring is 1. The molecule has 0 saturated heterocycles. The lowest BCUT2D eigenvalue weighted by Gasteiger charge is -2.26. The average Bonchev–Trinajstić information content (AvgIpc) is 2.27. The molecule has 0 saturated carbocycles. The zero-order valence-corrected chi connectivity index (χ0v) is 10.7. The number of methoxy groups -OCH3 is 1. The molecule has 7 nitrogen and oxygen atoms in total. The van der Waals surface area contributed by atoms with Gasteiger partial charge in [0.15, 0.2) is 0 Å². The monoisotopic (exact) mass is 254 g/mol. The Balaban J connectivity index is 3.12. The molecular weight excluding hydrogens is 236 g/mol. The van der Waals surface area contributed by atoms with Crippen molar-refractivity contribution in [2.45, 2.75) is 19.4 Å². The van der Waals surface area contributed by atoms with Gasteiger partial charge >= 0.3 is 5.69 Å². The van der Waals surface area contributed by atoms with E-state index in [0.717, 1.165) is 0 Å². The summed E-state index contributed by atoms with van der Waals surface area (Å²) in [5.41, 5.74) is 2.48. The zero-order chi connectivity index (χ0) is 13.8. The molecule has 0 aliphatic rings. The van der Waals surface area contributed by atoms with Crippen LogP contribution >= 0.6 is 0 Å². The number of nitrogens with zero attached hydrogens (tertiary/aromatic N) is 1. The van der Waals surface area contributed by atoms with Crippen LogP contribution in [0.2, 0.25) is 0 Å². The van der Waals surface area contributed by atoms with E-state index in [1.54, 1.807) is 25.3 Å². The topological polar surface area (TPSA) is 102 Å². The lowest BCUT2D eigenvalue weighted by molar-refractivity contribution is -0.383. The fraction of sp³-hybridized carbons (Fsp3) is 0.455. The number of para-hydroxylation sites is 1. The number of hydrazine groups is 1. The SMILES string of the molecule is COCC(C)(C)Nc1cccc(NN)c1[N+](=O)[O-]. The summed E-state index contributed by atoms with van der Waals surface area (Å²) in [7, 11) is 1.58. The molecule has 0 aliphatic carbocycles. The molecular formula is C11H18N4O3. The lowest BCUT2D eigenvalue weighted by Crippen LogP contribution is -2.36. The zero-order valence-electron chi connectivity index (χ0n) is 10.7. The molecule has 7 heteroatoms. The van der Waals surface area contributed by atoms with Crippen molar-refractivity contribution in [3.05, 3.63) is 28.3 Å². The quantitative estimate of drug-likeness (QED) is 0.406. The van der Waals surface area contributed by atoms with Crippen LogP contribution in [0.3, 0.4) is 0 Å². The highest BCUT2D eigenvalue weighted by Crippen LogP contribution is 2.33. The van der Waals surface area contributed by atoms with Crippen LogP contribution in [-0.4, -0.2) is 24.2 Å². The molecule has 0 radical (unpaired) electrons. The van der Waals surface area contributed by atoms with Gasteiger partial charge in [-0.3, -0.25) is 16.0 Å². The normalized spacial score (nSPS) is 11.1. The van der Waals surface area contributed by atoms with Crippen LogP contribution in [0.4, 0.5) is 17.1 Å². The van der Waals surface area contributed by atoms with Gasteiger partial charge in [-0.1, -0.05) is 6.07 Å². The number of anilines is 2. The summed E-state index contributed by atoms with van der Waals surface area (Å²) < 4.78 is 5.06. The Bertz CT molecular complexity index is 434. The number of nitrogens with one attached hydrogen (secondary N) is 2. The molecule has 0 heterocycles. The van der Waals surface area contributed by atoms with E-state index in [4.69, 9.17) is 10.6 Å². The maximum Gasteiger partial charge on any atom is 0.316 e. The molecule has 1 aromatic rings. The van der Waals surface area contributed by atoms with E-state index in [2.05, 4.69) is 10.7 Å². The van der Waals surface area contributed by atoms with Crippen LogP contribution in [0, 0.1) is 10.1 Å². The second-order valence-corrected chi connectivity index (χ2v) is 4.55. The first-order valence-corrected chi connectivity index (χ1v) is 5.42. The van der Waals surface area contributed by atoms with Crippen molar-refractivity contribution in [1.82, 2.24) is 0 Å². The van der Waals surface area contributed by atoms with E-state index in [1.807, 2.05) is 13.8 Å². The molecule has 0 spiro atoms. The summed E-state index contributed by atoms with van der Waals surface area (Å²) in [6.07, 6.45) is 0. The Morgan fingerprint density at radius 1 is 1.44 bits per heavy atom. The fourth-order valence-electron chi connectivity index (χ4n) is 1.72. The Morgan fingerprint density at radius 3 is 2.56 bits per heavy atom. The minimum Gasteiger partial charge on any atom is -0.382 e. The van der Waals surface area contributed by atoms with Crippen molar-refractivity contribution < 1.29 is 9.66 Å². The predicted octanol–water partition coefficient (Wildman–Crippen LogP) is 1.72. The minimum absolute atomic E-state index is 0.0795. The van der Waals surface area contributed by atoms with Gasteiger partial charge < -0.3 is 15.5 Å². The Morgan fingerprint density at radius 2 is 2.06 bits per heavy atom. The largest absolute Gasteiger partial charge is 0.382 e. The molecule has 0 amide bonds. The summed E-state index contributed by atoms with van der Waals surface area (Å²) in [5, 5.41) is 14.2. The number of ether oxygens (including phenoxy) is 1. The highest BCUT2D eigenvalue weighted by molar-refractivity contribution is 5.76. The molecule has 0 fully saturated rings. The summed E-state index contributed by atoms with van der Waals surface area (Å²) in [6, 6.07) is 4.87. The molecule has 100 valence electrons. The average molecular weight is 254 g/mol. The standard InChI is InChI=1S/C11H18N4O3/c1-11(2,7-18-3)13-8-5-4-6-9(14-12)10(8)15(16)17/h4-6,13-14H,7,12H2,1-3H3. The van der Waals surface area contributed by atoms with Crippen LogP contribution in [-0.2, 0) is 4.74 Å². The van der Waals surface area contributed by atoms with Gasteiger partial charge in [0, 0.05) is 7.11 Å². The van der Waals surface area contributed by atoms with Gasteiger partial charge in [-0.05, 0) is 26.0 Å². The van der Waals surface area contributed by atoms with Gasteiger partial charge in [0.05, 0.1) is 17.1 Å². The third-order valence-corrected chi connectivity index (χ3v) is 2.35. The van der Waals surface area contributed by atoms with Crippen molar-refractivity contribution in [3.8, 4) is 0 Å². The number of nitro benzene ring substituents is 1.